The Hall–Kier alpha value is -2.65. The van der Waals surface area contributed by atoms with E-state index in [1.165, 1.54) is 11.3 Å². The highest BCUT2D eigenvalue weighted by Crippen LogP contribution is 2.36. The molecule has 0 saturated heterocycles. The summed E-state index contributed by atoms with van der Waals surface area (Å²) < 4.78 is 35.3. The summed E-state index contributed by atoms with van der Waals surface area (Å²) in [5.41, 5.74) is 2.40. The largest absolute Gasteiger partial charge is 0.449 e. The fraction of sp³-hybridized carbons (Fsp3) is 0.391. The first-order valence-corrected chi connectivity index (χ1v) is 13.0. The van der Waals surface area contributed by atoms with E-state index in [1.807, 2.05) is 48.0 Å². The van der Waals surface area contributed by atoms with Crippen LogP contribution in [0.1, 0.15) is 44.1 Å². The van der Waals surface area contributed by atoms with Crippen molar-refractivity contribution in [2.45, 2.75) is 50.8 Å². The number of carbonyl (C=O) groups is 1. The minimum absolute atomic E-state index is 0.125. The van der Waals surface area contributed by atoms with Crippen LogP contribution in [0.15, 0.2) is 53.3 Å². The van der Waals surface area contributed by atoms with Crippen molar-refractivity contribution >= 4 is 27.5 Å². The van der Waals surface area contributed by atoms with Crippen LogP contribution in [0.2, 0.25) is 0 Å². The summed E-state index contributed by atoms with van der Waals surface area (Å²) in [5, 5.41) is 0. The van der Waals surface area contributed by atoms with Crippen LogP contribution in [0.3, 0.4) is 0 Å². The molecule has 32 heavy (non-hydrogen) atoms. The van der Waals surface area contributed by atoms with Gasteiger partial charge in [-0.3, -0.25) is 0 Å². The highest BCUT2D eigenvalue weighted by atomic mass is 32.2. The Balaban J connectivity index is 1.93. The van der Waals surface area contributed by atoms with Gasteiger partial charge in [-0.2, -0.15) is 0 Å². The van der Waals surface area contributed by atoms with Gasteiger partial charge in [-0.05, 0) is 42.0 Å². The first-order valence-electron chi connectivity index (χ1n) is 10.7. The summed E-state index contributed by atoms with van der Waals surface area (Å²) in [5.74, 6) is 0.372. The summed E-state index contributed by atoms with van der Waals surface area (Å²) in [6, 6.07) is 9.67. The zero-order valence-corrected chi connectivity index (χ0v) is 20.2. The van der Waals surface area contributed by atoms with Gasteiger partial charge in [0.25, 0.3) is 10.0 Å². The molecule has 0 aliphatic carbocycles. The second-order valence-electron chi connectivity index (χ2n) is 8.04. The van der Waals surface area contributed by atoms with Crippen LogP contribution >= 0.6 is 11.3 Å². The first kappa shape index (κ1) is 24.0. The van der Waals surface area contributed by atoms with Crippen molar-refractivity contribution < 1.29 is 17.9 Å². The second kappa shape index (κ2) is 10.8. The lowest BCUT2D eigenvalue weighted by Crippen LogP contribution is -2.31. The number of imidazole rings is 1. The van der Waals surface area contributed by atoms with Gasteiger partial charge in [0.1, 0.15) is 4.21 Å². The minimum Gasteiger partial charge on any atom is -0.449 e. The number of nitrogens with one attached hydrogen (secondary N) is 1. The maximum Gasteiger partial charge on any atom is 0.421 e. The third-order valence-corrected chi connectivity index (χ3v) is 7.72. The quantitative estimate of drug-likeness (QED) is 0.413. The smallest absolute Gasteiger partial charge is 0.421 e. The van der Waals surface area contributed by atoms with E-state index < -0.39 is 16.1 Å². The van der Waals surface area contributed by atoms with Crippen molar-refractivity contribution in [1.82, 2.24) is 14.3 Å². The molecule has 0 spiro atoms. The topological polar surface area (TPSA) is 90.3 Å². The lowest BCUT2D eigenvalue weighted by Gasteiger charge is -2.10. The summed E-state index contributed by atoms with van der Waals surface area (Å²) in [4.78, 5) is 17.1. The average molecular weight is 476 g/mol. The molecule has 2 aromatic heterocycles. The Kier molecular flexibility index (Phi) is 8.09. The summed E-state index contributed by atoms with van der Waals surface area (Å²) >= 11 is 1.20. The van der Waals surface area contributed by atoms with Crippen molar-refractivity contribution in [2.24, 2.45) is 5.92 Å². The third kappa shape index (κ3) is 6.43. The number of unbranched alkanes of at least 4 members (excludes halogenated alkanes) is 1. The number of aromatic nitrogens is 2. The maximum absolute atomic E-state index is 13.1. The zero-order valence-electron chi connectivity index (χ0n) is 18.6. The average Bonchev–Trinajstić information content (AvgIpc) is 3.38. The van der Waals surface area contributed by atoms with E-state index in [0.717, 1.165) is 28.8 Å². The highest BCUT2D eigenvalue weighted by molar-refractivity contribution is 7.92. The number of nitrogens with zero attached hydrogens (tertiary/aromatic N) is 2. The second-order valence-corrected chi connectivity index (χ2v) is 11.1. The fourth-order valence-corrected chi connectivity index (χ4v) is 6.09. The van der Waals surface area contributed by atoms with Crippen molar-refractivity contribution in [2.75, 3.05) is 6.61 Å². The molecule has 0 radical (unpaired) electrons. The zero-order chi connectivity index (χ0) is 23.1. The molecule has 0 aliphatic heterocycles. The number of amides is 1. The molecule has 0 bridgehead atoms. The van der Waals surface area contributed by atoms with Gasteiger partial charge in [0, 0.05) is 29.4 Å². The third-order valence-electron chi connectivity index (χ3n) is 4.71. The van der Waals surface area contributed by atoms with Crippen LogP contribution in [0.4, 0.5) is 4.79 Å². The van der Waals surface area contributed by atoms with Crippen LogP contribution in [-0.2, 0) is 27.7 Å². The molecule has 3 aromatic rings. The van der Waals surface area contributed by atoms with Gasteiger partial charge in [0.05, 0.1) is 12.9 Å². The Labute approximate surface area is 193 Å². The molecule has 0 atom stereocenters. The Morgan fingerprint density at radius 2 is 2.09 bits per heavy atom. The molecule has 0 saturated carbocycles. The molecular weight excluding hydrogens is 446 g/mol. The fourth-order valence-electron chi connectivity index (χ4n) is 3.25. The molecule has 1 aromatic carbocycles. The van der Waals surface area contributed by atoms with Gasteiger partial charge in [-0.25, -0.2) is 22.9 Å². The molecule has 0 unspecified atom stereocenters. The molecule has 1 amide bonds. The van der Waals surface area contributed by atoms with Crippen LogP contribution in [0.25, 0.3) is 11.1 Å². The van der Waals surface area contributed by atoms with E-state index in [-0.39, 0.29) is 10.8 Å². The highest BCUT2D eigenvalue weighted by Gasteiger charge is 2.26. The summed E-state index contributed by atoms with van der Waals surface area (Å²) in [6.45, 7) is 6.95. The number of rotatable bonds is 10. The number of sulfonamides is 1. The number of thiophene rings is 1. The Morgan fingerprint density at radius 3 is 2.78 bits per heavy atom. The van der Waals surface area contributed by atoms with Gasteiger partial charge < -0.3 is 9.30 Å². The molecule has 1 N–H and O–H groups in total. The van der Waals surface area contributed by atoms with E-state index in [1.54, 1.807) is 12.5 Å². The van der Waals surface area contributed by atoms with Gasteiger partial charge >= 0.3 is 6.09 Å². The molecule has 0 aliphatic rings. The van der Waals surface area contributed by atoms with Crippen molar-refractivity contribution in [1.29, 1.82) is 0 Å². The van der Waals surface area contributed by atoms with Crippen LogP contribution in [0.5, 0.6) is 0 Å². The molecule has 3 rings (SSSR count). The van der Waals surface area contributed by atoms with Gasteiger partial charge in [-0.15, -0.1) is 11.3 Å². The molecule has 7 nitrogen and oxygen atoms in total. The minimum atomic E-state index is -4.07. The van der Waals surface area contributed by atoms with Gasteiger partial charge in [-0.1, -0.05) is 45.4 Å². The number of hydrogen-bond acceptors (Lipinski definition) is 6. The standard InChI is InChI=1S/C23H29N3O4S2/c1-4-5-11-30-23(27)25-32(28,29)22-21(14-20(31-22)12-17(2)3)19-8-6-7-18(13-19)15-26-10-9-24-16-26/h6-10,13-14,16-17H,4-5,11-12,15H2,1-3H3,(H,25,27). The molecule has 9 heteroatoms. The monoisotopic (exact) mass is 475 g/mol. The number of ether oxygens (including phenoxy) is 1. The lowest BCUT2D eigenvalue weighted by atomic mass is 10.0. The normalized spacial score (nSPS) is 11.6. The van der Waals surface area contributed by atoms with Gasteiger partial charge in [0.15, 0.2) is 0 Å². The number of benzene rings is 1. The molecule has 0 fully saturated rings. The number of hydrogen-bond donors (Lipinski definition) is 1. The predicted octanol–water partition coefficient (Wildman–Crippen LogP) is 5.07. The molecule has 2 heterocycles. The van der Waals surface area contributed by atoms with Crippen molar-refractivity contribution in [3.8, 4) is 11.1 Å². The van der Waals surface area contributed by atoms with Gasteiger partial charge in [0.2, 0.25) is 0 Å². The van der Waals surface area contributed by atoms with Crippen LogP contribution in [0, 0.1) is 5.92 Å². The van der Waals surface area contributed by atoms with E-state index in [2.05, 4.69) is 23.6 Å². The number of carbonyl (C=O) groups excluding carboxylic acids is 1. The first-order chi connectivity index (χ1) is 15.3. The Morgan fingerprint density at radius 1 is 1.28 bits per heavy atom. The van der Waals surface area contributed by atoms with Crippen LogP contribution in [-0.4, -0.2) is 30.7 Å². The summed E-state index contributed by atoms with van der Waals surface area (Å²) in [7, 11) is -4.07. The molecular formula is C23H29N3O4S2. The Bertz CT molecular complexity index is 1140. The maximum atomic E-state index is 13.1. The van der Waals surface area contributed by atoms with E-state index in [9.17, 15) is 13.2 Å². The van der Waals surface area contributed by atoms with Crippen LogP contribution < -0.4 is 4.72 Å². The van der Waals surface area contributed by atoms with E-state index in [4.69, 9.17) is 4.74 Å². The van der Waals surface area contributed by atoms with Crippen molar-refractivity contribution in [3.63, 3.8) is 0 Å². The van der Waals surface area contributed by atoms with E-state index >= 15 is 0 Å². The van der Waals surface area contributed by atoms with Crippen molar-refractivity contribution in [3.05, 3.63) is 59.5 Å². The SMILES string of the molecule is CCCCOC(=O)NS(=O)(=O)c1sc(CC(C)C)cc1-c1cccc(Cn2ccnc2)c1. The van der Waals surface area contributed by atoms with E-state index in [0.29, 0.717) is 24.4 Å². The predicted molar refractivity (Wildman–Crippen MR) is 126 cm³/mol. The lowest BCUT2D eigenvalue weighted by molar-refractivity contribution is 0.151. The summed E-state index contributed by atoms with van der Waals surface area (Å²) in [6.07, 6.45) is 6.67. The molecule has 172 valence electrons.